The molecule has 0 radical (unpaired) electrons. The fourth-order valence-electron chi connectivity index (χ4n) is 1.95. The van der Waals surface area contributed by atoms with E-state index in [1.165, 1.54) is 0 Å². The van der Waals surface area contributed by atoms with Crippen molar-refractivity contribution in [2.75, 3.05) is 0 Å². The molecule has 1 N–H and O–H groups in total. The molecule has 0 spiro atoms. The van der Waals surface area contributed by atoms with E-state index in [-0.39, 0.29) is 6.10 Å². The number of aliphatic hydroxyl groups excluding tert-OH is 1. The lowest BCUT2D eigenvalue weighted by atomic mass is 10.1. The third kappa shape index (κ3) is 5.31. The summed E-state index contributed by atoms with van der Waals surface area (Å²) in [5.41, 5.74) is 0. The van der Waals surface area contributed by atoms with Crippen LogP contribution in [0.5, 0.6) is 0 Å². The van der Waals surface area contributed by atoms with E-state index in [0.717, 1.165) is 44.5 Å². The highest BCUT2D eigenvalue weighted by Crippen LogP contribution is 2.09. The largest absolute Gasteiger partial charge is 0.393 e. The van der Waals surface area contributed by atoms with Crippen molar-refractivity contribution < 1.29 is 5.11 Å². The number of nitrogens with zero attached hydrogens (tertiary/aromatic N) is 3. The van der Waals surface area contributed by atoms with Gasteiger partial charge in [-0.2, -0.15) is 5.10 Å². The number of hydrogen-bond acceptors (Lipinski definition) is 3. The SMILES string of the molecule is CCCC(O)CCCc1ncnn1CC(C)C. The smallest absolute Gasteiger partial charge is 0.138 e. The average molecular weight is 239 g/mol. The summed E-state index contributed by atoms with van der Waals surface area (Å²) in [6, 6.07) is 0. The minimum Gasteiger partial charge on any atom is -0.393 e. The van der Waals surface area contributed by atoms with Gasteiger partial charge in [0, 0.05) is 13.0 Å². The molecule has 0 aliphatic rings. The van der Waals surface area contributed by atoms with Gasteiger partial charge >= 0.3 is 0 Å². The van der Waals surface area contributed by atoms with Crippen molar-refractivity contribution in [1.29, 1.82) is 0 Å². The van der Waals surface area contributed by atoms with Crippen LogP contribution in [0.4, 0.5) is 0 Å². The van der Waals surface area contributed by atoms with E-state index in [4.69, 9.17) is 0 Å². The Morgan fingerprint density at radius 2 is 2.12 bits per heavy atom. The van der Waals surface area contributed by atoms with E-state index >= 15 is 0 Å². The molecule has 1 unspecified atom stereocenters. The fourth-order valence-corrected chi connectivity index (χ4v) is 1.95. The van der Waals surface area contributed by atoms with Crippen molar-refractivity contribution in [2.45, 2.75) is 65.5 Å². The summed E-state index contributed by atoms with van der Waals surface area (Å²) in [7, 11) is 0. The van der Waals surface area contributed by atoms with Crippen LogP contribution in [0.2, 0.25) is 0 Å². The van der Waals surface area contributed by atoms with Crippen LogP contribution in [0.15, 0.2) is 6.33 Å². The van der Waals surface area contributed by atoms with Crippen LogP contribution in [0.1, 0.15) is 52.3 Å². The molecule has 0 saturated heterocycles. The molecule has 0 amide bonds. The molecule has 98 valence electrons. The Morgan fingerprint density at radius 1 is 1.35 bits per heavy atom. The number of rotatable bonds is 8. The van der Waals surface area contributed by atoms with E-state index in [2.05, 4.69) is 30.9 Å². The van der Waals surface area contributed by atoms with Crippen molar-refractivity contribution >= 4 is 0 Å². The number of hydrogen-bond donors (Lipinski definition) is 1. The van der Waals surface area contributed by atoms with Crippen LogP contribution in [0.25, 0.3) is 0 Å². The molecule has 0 saturated carbocycles. The highest BCUT2D eigenvalue weighted by molar-refractivity contribution is 4.85. The molecule has 1 rings (SSSR count). The monoisotopic (exact) mass is 239 g/mol. The Balaban J connectivity index is 2.33. The lowest BCUT2D eigenvalue weighted by Gasteiger charge is -2.10. The predicted octanol–water partition coefficient (Wildman–Crippen LogP) is 2.42. The predicted molar refractivity (Wildman–Crippen MR) is 68.7 cm³/mol. The van der Waals surface area contributed by atoms with Crippen LogP contribution in [-0.2, 0) is 13.0 Å². The Hall–Kier alpha value is -0.900. The molecule has 0 bridgehead atoms. The van der Waals surface area contributed by atoms with Crippen LogP contribution in [0.3, 0.4) is 0 Å². The Morgan fingerprint density at radius 3 is 2.76 bits per heavy atom. The molecular weight excluding hydrogens is 214 g/mol. The molecule has 1 atom stereocenters. The van der Waals surface area contributed by atoms with Crippen molar-refractivity contribution in [2.24, 2.45) is 5.92 Å². The zero-order valence-corrected chi connectivity index (χ0v) is 11.3. The maximum Gasteiger partial charge on any atom is 0.138 e. The maximum absolute atomic E-state index is 9.65. The van der Waals surface area contributed by atoms with Gasteiger partial charge in [0.2, 0.25) is 0 Å². The zero-order valence-electron chi connectivity index (χ0n) is 11.3. The third-order valence-electron chi connectivity index (χ3n) is 2.79. The van der Waals surface area contributed by atoms with Crippen LogP contribution < -0.4 is 0 Å². The van der Waals surface area contributed by atoms with Crippen LogP contribution in [-0.4, -0.2) is 26.0 Å². The van der Waals surface area contributed by atoms with Gasteiger partial charge in [-0.15, -0.1) is 0 Å². The van der Waals surface area contributed by atoms with Gasteiger partial charge in [0.1, 0.15) is 12.2 Å². The first-order valence-corrected chi connectivity index (χ1v) is 6.68. The molecule has 0 aromatic carbocycles. The summed E-state index contributed by atoms with van der Waals surface area (Å²) >= 11 is 0. The van der Waals surface area contributed by atoms with Gasteiger partial charge in [0.15, 0.2) is 0 Å². The molecular formula is C13H25N3O. The summed E-state index contributed by atoms with van der Waals surface area (Å²) in [5, 5.41) is 13.9. The van der Waals surface area contributed by atoms with E-state index in [1.54, 1.807) is 6.33 Å². The first-order valence-electron chi connectivity index (χ1n) is 6.68. The van der Waals surface area contributed by atoms with Crippen molar-refractivity contribution in [1.82, 2.24) is 14.8 Å². The third-order valence-corrected chi connectivity index (χ3v) is 2.79. The van der Waals surface area contributed by atoms with E-state index in [0.29, 0.717) is 5.92 Å². The Kier molecular flexibility index (Phi) is 6.19. The molecule has 1 aromatic rings. The van der Waals surface area contributed by atoms with Gasteiger partial charge in [-0.05, 0) is 25.2 Å². The summed E-state index contributed by atoms with van der Waals surface area (Å²) in [5.74, 6) is 1.63. The number of aryl methyl sites for hydroxylation is 1. The second kappa shape index (κ2) is 7.43. The van der Waals surface area contributed by atoms with E-state index < -0.39 is 0 Å². The van der Waals surface area contributed by atoms with E-state index in [9.17, 15) is 5.11 Å². The van der Waals surface area contributed by atoms with Crippen molar-refractivity contribution in [3.8, 4) is 0 Å². The average Bonchev–Trinajstić information content (AvgIpc) is 2.65. The molecule has 1 aromatic heterocycles. The molecule has 4 nitrogen and oxygen atoms in total. The van der Waals surface area contributed by atoms with Gasteiger partial charge < -0.3 is 5.11 Å². The fraction of sp³-hybridized carbons (Fsp3) is 0.846. The standard InChI is InChI=1S/C13H25N3O/c1-4-6-12(17)7-5-8-13-14-10-15-16(13)9-11(2)3/h10-12,17H,4-9H2,1-3H3. The summed E-state index contributed by atoms with van der Waals surface area (Å²) in [6.07, 6.45) is 6.18. The second-order valence-corrected chi connectivity index (χ2v) is 5.09. The highest BCUT2D eigenvalue weighted by Gasteiger charge is 2.08. The summed E-state index contributed by atoms with van der Waals surface area (Å²) < 4.78 is 1.98. The molecule has 0 fully saturated rings. The lowest BCUT2D eigenvalue weighted by Crippen LogP contribution is -2.11. The molecule has 1 heterocycles. The van der Waals surface area contributed by atoms with Crippen LogP contribution >= 0.6 is 0 Å². The van der Waals surface area contributed by atoms with Gasteiger partial charge in [-0.25, -0.2) is 9.67 Å². The summed E-state index contributed by atoms with van der Waals surface area (Å²) in [6.45, 7) is 7.38. The quantitative estimate of drug-likeness (QED) is 0.758. The van der Waals surface area contributed by atoms with Crippen LogP contribution in [0, 0.1) is 5.92 Å². The second-order valence-electron chi connectivity index (χ2n) is 5.09. The van der Waals surface area contributed by atoms with E-state index in [1.807, 2.05) is 4.68 Å². The lowest BCUT2D eigenvalue weighted by molar-refractivity contribution is 0.151. The normalized spacial score (nSPS) is 13.2. The first kappa shape index (κ1) is 14.2. The molecule has 0 aliphatic heterocycles. The van der Waals surface area contributed by atoms with Gasteiger partial charge in [0.25, 0.3) is 0 Å². The Labute approximate surface area is 104 Å². The van der Waals surface area contributed by atoms with Gasteiger partial charge in [0.05, 0.1) is 6.10 Å². The molecule has 0 aliphatic carbocycles. The zero-order chi connectivity index (χ0) is 12.7. The Bertz CT molecular complexity index is 309. The van der Waals surface area contributed by atoms with Crippen molar-refractivity contribution in [3.63, 3.8) is 0 Å². The first-order chi connectivity index (χ1) is 8.13. The minimum atomic E-state index is -0.151. The highest BCUT2D eigenvalue weighted by atomic mass is 16.3. The summed E-state index contributed by atoms with van der Waals surface area (Å²) in [4.78, 5) is 4.28. The minimum absolute atomic E-state index is 0.151. The van der Waals surface area contributed by atoms with Crippen molar-refractivity contribution in [3.05, 3.63) is 12.2 Å². The van der Waals surface area contributed by atoms with Gasteiger partial charge in [-0.1, -0.05) is 27.2 Å². The maximum atomic E-state index is 9.65. The molecule has 17 heavy (non-hydrogen) atoms. The number of aromatic nitrogens is 3. The number of aliphatic hydroxyl groups is 1. The van der Waals surface area contributed by atoms with Gasteiger partial charge in [-0.3, -0.25) is 0 Å². The topological polar surface area (TPSA) is 50.9 Å². The molecule has 4 heteroatoms.